The lowest BCUT2D eigenvalue weighted by atomic mass is 9.86. The highest BCUT2D eigenvalue weighted by molar-refractivity contribution is 5.40. The van der Waals surface area contributed by atoms with Crippen molar-refractivity contribution in [3.63, 3.8) is 0 Å². The summed E-state index contributed by atoms with van der Waals surface area (Å²) in [6.07, 6.45) is 4.22. The van der Waals surface area contributed by atoms with Crippen molar-refractivity contribution in [1.82, 2.24) is 0 Å². The zero-order chi connectivity index (χ0) is 13.6. The highest BCUT2D eigenvalue weighted by Crippen LogP contribution is 2.41. The maximum atomic E-state index is 6.71. The van der Waals surface area contributed by atoms with Crippen molar-refractivity contribution >= 4 is 0 Å². The van der Waals surface area contributed by atoms with E-state index >= 15 is 0 Å². The second-order valence-electron chi connectivity index (χ2n) is 6.07. The molecule has 2 aromatic rings. The van der Waals surface area contributed by atoms with E-state index in [4.69, 9.17) is 10.5 Å². The van der Waals surface area contributed by atoms with Crippen molar-refractivity contribution in [3.05, 3.63) is 65.2 Å². The standard InChI is InChI=1S/C18H19NO/c19-18(10-9-13-5-1-3-7-16(13)18)12-15-11-14-6-2-4-8-17(14)20-15/h1-8,15H,9-12,19H2. The molecule has 1 heterocycles. The number of para-hydroxylation sites is 1. The van der Waals surface area contributed by atoms with Crippen molar-refractivity contribution < 1.29 is 4.74 Å². The quantitative estimate of drug-likeness (QED) is 0.905. The van der Waals surface area contributed by atoms with E-state index in [-0.39, 0.29) is 11.6 Å². The minimum absolute atomic E-state index is 0.212. The van der Waals surface area contributed by atoms with E-state index in [9.17, 15) is 0 Å². The van der Waals surface area contributed by atoms with Gasteiger partial charge in [0.2, 0.25) is 0 Å². The van der Waals surface area contributed by atoms with E-state index in [2.05, 4.69) is 42.5 Å². The molecular weight excluding hydrogens is 246 g/mol. The van der Waals surface area contributed by atoms with Gasteiger partial charge in [0.15, 0.2) is 0 Å². The maximum Gasteiger partial charge on any atom is 0.123 e. The molecule has 4 rings (SSSR count). The van der Waals surface area contributed by atoms with Crippen LogP contribution in [0.1, 0.15) is 29.5 Å². The fourth-order valence-electron chi connectivity index (χ4n) is 3.70. The monoisotopic (exact) mass is 265 g/mol. The molecule has 0 saturated heterocycles. The Morgan fingerprint density at radius 1 is 1.05 bits per heavy atom. The molecule has 20 heavy (non-hydrogen) atoms. The van der Waals surface area contributed by atoms with Crippen LogP contribution in [0.3, 0.4) is 0 Å². The van der Waals surface area contributed by atoms with Gasteiger partial charge < -0.3 is 10.5 Å². The molecular formula is C18H19NO. The Bertz CT molecular complexity index is 626. The van der Waals surface area contributed by atoms with Gasteiger partial charge in [0.1, 0.15) is 11.9 Å². The van der Waals surface area contributed by atoms with E-state index in [0.717, 1.165) is 31.4 Å². The molecule has 2 N–H and O–H groups in total. The first kappa shape index (κ1) is 12.0. The van der Waals surface area contributed by atoms with Crippen molar-refractivity contribution in [1.29, 1.82) is 0 Å². The van der Waals surface area contributed by atoms with Crippen LogP contribution in [-0.2, 0) is 18.4 Å². The highest BCUT2D eigenvalue weighted by Gasteiger charge is 2.38. The Balaban J connectivity index is 1.57. The third kappa shape index (κ3) is 1.83. The summed E-state index contributed by atoms with van der Waals surface area (Å²) in [6, 6.07) is 16.9. The number of hydrogen-bond donors (Lipinski definition) is 1. The third-order valence-corrected chi connectivity index (χ3v) is 4.70. The van der Waals surface area contributed by atoms with E-state index in [1.807, 2.05) is 6.07 Å². The van der Waals surface area contributed by atoms with Gasteiger partial charge in [-0.2, -0.15) is 0 Å². The Morgan fingerprint density at radius 3 is 2.65 bits per heavy atom. The molecule has 2 aromatic carbocycles. The summed E-state index contributed by atoms with van der Waals surface area (Å²) in [4.78, 5) is 0. The molecule has 2 unspecified atom stereocenters. The van der Waals surface area contributed by atoms with E-state index in [0.29, 0.717) is 0 Å². The summed E-state index contributed by atoms with van der Waals surface area (Å²) in [5.74, 6) is 1.03. The number of ether oxygens (including phenoxy) is 1. The second-order valence-corrected chi connectivity index (χ2v) is 6.07. The fraction of sp³-hybridized carbons (Fsp3) is 0.333. The smallest absolute Gasteiger partial charge is 0.123 e. The lowest BCUT2D eigenvalue weighted by molar-refractivity contribution is 0.178. The van der Waals surface area contributed by atoms with Crippen LogP contribution in [0.2, 0.25) is 0 Å². The molecule has 0 aromatic heterocycles. The molecule has 2 atom stereocenters. The van der Waals surface area contributed by atoms with Crippen molar-refractivity contribution in [2.45, 2.75) is 37.3 Å². The van der Waals surface area contributed by atoms with Gasteiger partial charge in [-0.1, -0.05) is 42.5 Å². The summed E-state index contributed by atoms with van der Waals surface area (Å²) in [5, 5.41) is 0. The van der Waals surface area contributed by atoms with Gasteiger partial charge in [-0.05, 0) is 35.6 Å². The van der Waals surface area contributed by atoms with Crippen LogP contribution in [0.25, 0.3) is 0 Å². The number of aryl methyl sites for hydroxylation is 1. The molecule has 2 heteroatoms. The number of fused-ring (bicyclic) bond motifs is 2. The van der Waals surface area contributed by atoms with Crippen LogP contribution in [0.5, 0.6) is 5.75 Å². The molecule has 1 aliphatic carbocycles. The Hall–Kier alpha value is -1.80. The maximum absolute atomic E-state index is 6.71. The van der Waals surface area contributed by atoms with Crippen molar-refractivity contribution in [2.75, 3.05) is 0 Å². The molecule has 2 aliphatic rings. The zero-order valence-corrected chi connectivity index (χ0v) is 11.5. The average molecular weight is 265 g/mol. The topological polar surface area (TPSA) is 35.2 Å². The molecule has 0 amide bonds. The summed E-state index contributed by atoms with van der Waals surface area (Å²) in [6.45, 7) is 0. The van der Waals surface area contributed by atoms with Crippen LogP contribution < -0.4 is 10.5 Å². The SMILES string of the molecule is NC1(CC2Cc3ccccc3O2)CCc2ccccc21. The van der Waals surface area contributed by atoms with Gasteiger partial charge in [-0.25, -0.2) is 0 Å². The molecule has 0 saturated carbocycles. The first-order valence-corrected chi connectivity index (χ1v) is 7.36. The lowest BCUT2D eigenvalue weighted by Gasteiger charge is -2.28. The largest absolute Gasteiger partial charge is 0.490 e. The predicted octanol–water partition coefficient (Wildman–Crippen LogP) is 3.18. The van der Waals surface area contributed by atoms with Gasteiger partial charge in [0.25, 0.3) is 0 Å². The molecule has 0 spiro atoms. The van der Waals surface area contributed by atoms with Gasteiger partial charge in [0, 0.05) is 18.4 Å². The molecule has 0 radical (unpaired) electrons. The molecule has 102 valence electrons. The van der Waals surface area contributed by atoms with Crippen LogP contribution >= 0.6 is 0 Å². The van der Waals surface area contributed by atoms with Gasteiger partial charge in [-0.3, -0.25) is 0 Å². The molecule has 0 bridgehead atoms. The molecule has 1 aliphatic heterocycles. The number of benzene rings is 2. The normalized spacial score (nSPS) is 26.9. The first-order chi connectivity index (χ1) is 9.74. The minimum Gasteiger partial charge on any atom is -0.490 e. The Labute approximate surface area is 119 Å². The van der Waals surface area contributed by atoms with Crippen LogP contribution in [0.4, 0.5) is 0 Å². The number of rotatable bonds is 2. The Kier molecular flexibility index (Phi) is 2.61. The third-order valence-electron chi connectivity index (χ3n) is 4.70. The van der Waals surface area contributed by atoms with Gasteiger partial charge in [0.05, 0.1) is 0 Å². The van der Waals surface area contributed by atoms with E-state index in [1.54, 1.807) is 0 Å². The van der Waals surface area contributed by atoms with Crippen LogP contribution in [0, 0.1) is 0 Å². The number of hydrogen-bond acceptors (Lipinski definition) is 2. The fourth-order valence-corrected chi connectivity index (χ4v) is 3.70. The number of nitrogens with two attached hydrogens (primary N) is 1. The van der Waals surface area contributed by atoms with E-state index < -0.39 is 0 Å². The highest BCUT2D eigenvalue weighted by atomic mass is 16.5. The summed E-state index contributed by atoms with van der Waals surface area (Å²) in [5.41, 5.74) is 10.5. The zero-order valence-electron chi connectivity index (χ0n) is 11.5. The van der Waals surface area contributed by atoms with Gasteiger partial charge in [-0.15, -0.1) is 0 Å². The summed E-state index contributed by atoms with van der Waals surface area (Å²) >= 11 is 0. The van der Waals surface area contributed by atoms with Crippen LogP contribution in [-0.4, -0.2) is 6.10 Å². The van der Waals surface area contributed by atoms with Crippen molar-refractivity contribution in [3.8, 4) is 5.75 Å². The van der Waals surface area contributed by atoms with Crippen LogP contribution in [0.15, 0.2) is 48.5 Å². The Morgan fingerprint density at radius 2 is 1.80 bits per heavy atom. The average Bonchev–Trinajstić information content (AvgIpc) is 3.01. The summed E-state index contributed by atoms with van der Waals surface area (Å²) in [7, 11) is 0. The molecule has 0 fully saturated rings. The molecule has 2 nitrogen and oxygen atoms in total. The second kappa shape index (κ2) is 4.35. The summed E-state index contributed by atoms with van der Waals surface area (Å²) < 4.78 is 6.07. The minimum atomic E-state index is -0.219. The van der Waals surface area contributed by atoms with Gasteiger partial charge >= 0.3 is 0 Å². The van der Waals surface area contributed by atoms with Crippen molar-refractivity contribution in [2.24, 2.45) is 5.73 Å². The lowest BCUT2D eigenvalue weighted by Crippen LogP contribution is -2.39. The van der Waals surface area contributed by atoms with E-state index in [1.165, 1.54) is 16.7 Å². The predicted molar refractivity (Wildman–Crippen MR) is 79.8 cm³/mol. The first-order valence-electron chi connectivity index (χ1n) is 7.36.